The molecule has 6 rings (SSSR count). The number of carbonyl (C=O) groups excluding carboxylic acids is 2. The number of nitrogens with zero attached hydrogens (tertiary/aromatic N) is 8. The van der Waals surface area contributed by atoms with Gasteiger partial charge >= 0.3 is 31.8 Å². The van der Waals surface area contributed by atoms with Crippen molar-refractivity contribution in [3.8, 4) is 11.5 Å². The van der Waals surface area contributed by atoms with Gasteiger partial charge in [0, 0.05) is 76.8 Å². The van der Waals surface area contributed by atoms with Gasteiger partial charge in [0.1, 0.15) is 23.4 Å². The van der Waals surface area contributed by atoms with Crippen LogP contribution in [-0.4, -0.2) is 76.7 Å². The number of hydrogen-bond donors (Lipinski definition) is 0. The second kappa shape index (κ2) is 26.0. The smallest absolute Gasteiger partial charge is 0.542 e. The van der Waals surface area contributed by atoms with Gasteiger partial charge in [-0.05, 0) is 60.4 Å². The number of aromatic nitrogens is 8. The summed E-state index contributed by atoms with van der Waals surface area (Å²) >= 11 is 0. The number of imidazole rings is 4. The number of benzene rings is 2. The molecule has 0 aliphatic heterocycles. The molecular formula is C36H40F6N8O6Zn. The molecule has 0 aliphatic rings. The number of aliphatic carboxylic acids is 2. The topological polar surface area (TPSA) is 170 Å². The molecule has 0 fully saturated rings. The summed E-state index contributed by atoms with van der Waals surface area (Å²) in [6, 6.07) is 12.5. The van der Waals surface area contributed by atoms with Gasteiger partial charge in [-0.1, -0.05) is 12.1 Å². The average Bonchev–Trinajstić information content (AvgIpc) is 3.96. The number of carbonyl (C=O) groups is 2. The summed E-state index contributed by atoms with van der Waals surface area (Å²) in [4.78, 5) is 33.2. The van der Waals surface area contributed by atoms with E-state index in [4.69, 9.17) is 29.3 Å². The third-order valence-electron chi connectivity index (χ3n) is 6.28. The first-order valence-electron chi connectivity index (χ1n) is 15.8. The zero-order valence-electron chi connectivity index (χ0n) is 31.8. The quantitative estimate of drug-likeness (QED) is 0.177. The maximum absolute atomic E-state index is 10.5. The fraction of sp³-hybridized carbons (Fsp3) is 0.278. The third kappa shape index (κ3) is 23.5. The SMILES string of the molecule is COc1cc(C)cc(Cn2ccnc2)c1.COc1cc(C)cc(Cn2ccnc2)c1.Cn1ccnc1.Cn1ccnc1.O=C([O-])C(F)(F)F.O=C([O-])C(F)(F)F.[Zn+2]. The molecule has 57 heavy (non-hydrogen) atoms. The first-order valence-corrected chi connectivity index (χ1v) is 15.8. The van der Waals surface area contributed by atoms with Gasteiger partial charge in [-0.25, -0.2) is 19.9 Å². The molecule has 2 aromatic carbocycles. The number of aryl methyl sites for hydroxylation is 4. The first kappa shape index (κ1) is 51.0. The Bertz CT molecular complexity index is 1810. The summed E-state index contributed by atoms with van der Waals surface area (Å²) in [5, 5.41) is 17.6. The van der Waals surface area contributed by atoms with Crippen LogP contribution in [0, 0.1) is 13.8 Å². The van der Waals surface area contributed by atoms with Crippen molar-refractivity contribution < 1.29 is 75.1 Å². The zero-order chi connectivity index (χ0) is 42.3. The fourth-order valence-corrected chi connectivity index (χ4v) is 3.90. The van der Waals surface area contributed by atoms with E-state index in [0.29, 0.717) is 0 Å². The second-order valence-electron chi connectivity index (χ2n) is 11.2. The van der Waals surface area contributed by atoms with Crippen molar-refractivity contribution in [1.29, 1.82) is 0 Å². The molecule has 0 bridgehead atoms. The Labute approximate surface area is 337 Å². The monoisotopic (exact) mass is 858 g/mol. The minimum Gasteiger partial charge on any atom is -0.542 e. The van der Waals surface area contributed by atoms with E-state index in [1.54, 1.807) is 51.7 Å². The van der Waals surface area contributed by atoms with Crippen molar-refractivity contribution in [1.82, 2.24) is 38.2 Å². The molecule has 0 saturated heterocycles. The van der Waals surface area contributed by atoms with Crippen molar-refractivity contribution in [2.75, 3.05) is 14.2 Å². The van der Waals surface area contributed by atoms with Gasteiger partial charge in [-0.2, -0.15) is 26.3 Å². The molecule has 4 aromatic heterocycles. The summed E-state index contributed by atoms with van der Waals surface area (Å²) in [6.45, 7) is 5.80. The minimum atomic E-state index is -5.19. The van der Waals surface area contributed by atoms with E-state index in [1.807, 2.05) is 94.1 Å². The molecule has 0 radical (unpaired) electrons. The Morgan fingerprint density at radius 2 is 0.877 bits per heavy atom. The standard InChI is InChI=1S/2C12H14N2O.2C4H6N2.2C2HF3O2.Zn/c2*1-10-5-11(7-12(6-10)15-2)8-14-4-3-13-9-14;2*1-6-3-2-5-4-6;2*3-2(4,5)1(6)7;/h2*3-7,9H,8H2,1-2H3;2*2-4H,1H3;2*(H,6,7);/q;;;;;;+2/p-2. The molecule has 21 heteroatoms. The van der Waals surface area contributed by atoms with E-state index in [-0.39, 0.29) is 19.5 Å². The molecule has 304 valence electrons. The zero-order valence-corrected chi connectivity index (χ0v) is 34.8. The van der Waals surface area contributed by atoms with E-state index >= 15 is 0 Å². The number of rotatable bonds is 6. The van der Waals surface area contributed by atoms with Crippen LogP contribution in [0.1, 0.15) is 22.3 Å². The van der Waals surface area contributed by atoms with Gasteiger partial charge in [-0.3, -0.25) is 0 Å². The predicted molar refractivity (Wildman–Crippen MR) is 187 cm³/mol. The van der Waals surface area contributed by atoms with Crippen LogP contribution in [-0.2, 0) is 56.3 Å². The van der Waals surface area contributed by atoms with Crippen LogP contribution in [0.5, 0.6) is 11.5 Å². The number of hydrogen-bond acceptors (Lipinski definition) is 10. The van der Waals surface area contributed by atoms with Gasteiger partial charge in [0.15, 0.2) is 0 Å². The maximum atomic E-state index is 10.5. The summed E-state index contributed by atoms with van der Waals surface area (Å²) in [7, 11) is 7.26. The van der Waals surface area contributed by atoms with Gasteiger partial charge in [0.25, 0.3) is 0 Å². The van der Waals surface area contributed by atoms with Gasteiger partial charge in [-0.15, -0.1) is 0 Å². The van der Waals surface area contributed by atoms with E-state index in [0.717, 1.165) is 24.6 Å². The van der Waals surface area contributed by atoms with Gasteiger partial charge < -0.3 is 47.5 Å². The Morgan fingerprint density at radius 1 is 0.579 bits per heavy atom. The Morgan fingerprint density at radius 3 is 1.07 bits per heavy atom. The number of carboxylic acid groups (broad SMARTS) is 2. The summed E-state index contributed by atoms with van der Waals surface area (Å²) in [5.41, 5.74) is 4.88. The molecule has 0 atom stereocenters. The van der Waals surface area contributed by atoms with Crippen LogP contribution >= 0.6 is 0 Å². The average molecular weight is 860 g/mol. The molecule has 6 aromatic rings. The molecule has 0 amide bonds. The number of alkyl halides is 6. The van der Waals surface area contributed by atoms with Crippen molar-refractivity contribution in [3.63, 3.8) is 0 Å². The van der Waals surface area contributed by atoms with Gasteiger partial charge in [0.05, 0.1) is 39.5 Å². The number of halogens is 6. The van der Waals surface area contributed by atoms with E-state index in [1.165, 1.54) is 22.3 Å². The summed E-state index contributed by atoms with van der Waals surface area (Å²) < 4.78 is 81.4. The Kier molecular flexibility index (Phi) is 23.3. The predicted octanol–water partition coefficient (Wildman–Crippen LogP) is 3.93. The van der Waals surface area contributed by atoms with Crippen molar-refractivity contribution >= 4 is 11.9 Å². The maximum Gasteiger partial charge on any atom is 2.00 e. The molecular weight excluding hydrogens is 820 g/mol. The van der Waals surface area contributed by atoms with E-state index in [9.17, 15) is 26.3 Å². The van der Waals surface area contributed by atoms with Crippen LogP contribution < -0.4 is 19.7 Å². The van der Waals surface area contributed by atoms with Crippen molar-refractivity contribution in [2.45, 2.75) is 39.3 Å². The molecule has 0 saturated carbocycles. The van der Waals surface area contributed by atoms with Crippen LogP contribution in [0.25, 0.3) is 0 Å². The van der Waals surface area contributed by atoms with E-state index < -0.39 is 24.3 Å². The Balaban J connectivity index is 0.000000693. The largest absolute Gasteiger partial charge is 2.00 e. The molecule has 4 heterocycles. The molecule has 0 N–H and O–H groups in total. The van der Waals surface area contributed by atoms with Crippen LogP contribution in [0.15, 0.2) is 111 Å². The summed E-state index contributed by atoms with van der Waals surface area (Å²) in [6.07, 6.45) is 11.5. The van der Waals surface area contributed by atoms with Crippen LogP contribution in [0.4, 0.5) is 26.3 Å². The van der Waals surface area contributed by atoms with Crippen LogP contribution in [0.3, 0.4) is 0 Å². The second-order valence-corrected chi connectivity index (χ2v) is 11.2. The first-order chi connectivity index (χ1) is 26.2. The van der Waals surface area contributed by atoms with Gasteiger partial charge in [0.2, 0.25) is 0 Å². The molecule has 0 unspecified atom stereocenters. The normalized spacial score (nSPS) is 10.0. The van der Waals surface area contributed by atoms with Crippen molar-refractivity contribution in [3.05, 3.63) is 134 Å². The van der Waals surface area contributed by atoms with Crippen molar-refractivity contribution in [2.24, 2.45) is 14.1 Å². The minimum absolute atomic E-state index is 0. The Hall–Kier alpha value is -5.98. The number of methoxy groups -OCH3 is 2. The van der Waals surface area contributed by atoms with Crippen LogP contribution in [0.2, 0.25) is 0 Å². The third-order valence-corrected chi connectivity index (χ3v) is 6.28. The molecule has 0 spiro atoms. The number of ether oxygens (including phenoxy) is 2. The number of carboxylic acids is 2. The summed E-state index contributed by atoms with van der Waals surface area (Å²) in [5.74, 6) is -4.20. The van der Waals surface area contributed by atoms with E-state index in [2.05, 4.69) is 45.9 Å². The molecule has 0 aliphatic carbocycles. The fourth-order valence-electron chi connectivity index (χ4n) is 3.90. The molecule has 14 nitrogen and oxygen atoms in total.